The molecule has 27 heavy (non-hydrogen) atoms. The van der Waals surface area contributed by atoms with Crippen molar-refractivity contribution in [3.63, 3.8) is 0 Å². The minimum atomic E-state index is -4.45. The van der Waals surface area contributed by atoms with Gasteiger partial charge in [0.1, 0.15) is 4.88 Å². The number of nitrogens with zero attached hydrogens (tertiary/aromatic N) is 1. The number of likely N-dealkylation sites (tertiary alicyclic amines) is 1. The third-order valence-corrected chi connectivity index (χ3v) is 6.13. The predicted molar refractivity (Wildman–Crippen MR) is 99.1 cm³/mol. The zero-order chi connectivity index (χ0) is 19.8. The molecule has 0 radical (unpaired) electrons. The van der Waals surface area contributed by atoms with Gasteiger partial charge in [0.25, 0.3) is 5.91 Å². The van der Waals surface area contributed by atoms with Crippen LogP contribution in [-0.4, -0.2) is 36.3 Å². The second-order valence-electron chi connectivity index (χ2n) is 6.71. The Morgan fingerprint density at radius 3 is 2.78 bits per heavy atom. The Balaban J connectivity index is 1.68. The van der Waals surface area contributed by atoms with Crippen LogP contribution in [0.2, 0.25) is 5.02 Å². The van der Waals surface area contributed by atoms with E-state index in [1.54, 1.807) is 4.90 Å². The lowest BCUT2D eigenvalue weighted by molar-refractivity contribution is -0.137. The Morgan fingerprint density at radius 1 is 1.41 bits per heavy atom. The van der Waals surface area contributed by atoms with E-state index in [0.717, 1.165) is 36.4 Å². The maximum Gasteiger partial charge on any atom is 0.416 e. The van der Waals surface area contributed by atoms with Crippen molar-refractivity contribution in [1.29, 1.82) is 0 Å². The lowest BCUT2D eigenvalue weighted by Gasteiger charge is -2.20. The molecular weight excluding hydrogens is 401 g/mol. The van der Waals surface area contributed by atoms with Gasteiger partial charge in [-0.2, -0.15) is 13.2 Å². The molecule has 1 aromatic carbocycles. The highest BCUT2D eigenvalue weighted by molar-refractivity contribution is 7.21. The molecule has 146 valence electrons. The summed E-state index contributed by atoms with van der Waals surface area (Å²) < 4.78 is 38.9. The van der Waals surface area contributed by atoms with Crippen LogP contribution in [-0.2, 0) is 11.0 Å². The van der Waals surface area contributed by atoms with Crippen molar-refractivity contribution < 1.29 is 22.8 Å². The monoisotopic (exact) mass is 418 g/mol. The summed E-state index contributed by atoms with van der Waals surface area (Å²) in [6, 6.07) is 3.25. The molecule has 2 heterocycles. The van der Waals surface area contributed by atoms with Crippen molar-refractivity contribution in [2.24, 2.45) is 5.92 Å². The van der Waals surface area contributed by atoms with Gasteiger partial charge in [-0.25, -0.2) is 0 Å². The SMILES string of the molecule is C[C@@H](CNC(=O)c1sc2cc(C(F)(F)F)ccc2c1Cl)CN1CCCC1=O. The maximum atomic E-state index is 12.9. The quantitative estimate of drug-likeness (QED) is 0.773. The number of carbonyl (C=O) groups excluding carboxylic acids is 2. The van der Waals surface area contributed by atoms with Gasteiger partial charge < -0.3 is 10.2 Å². The Kier molecular flexibility index (Phi) is 5.67. The number of amides is 2. The average molecular weight is 419 g/mol. The number of nitrogens with one attached hydrogen (secondary N) is 1. The molecule has 0 spiro atoms. The third kappa shape index (κ3) is 4.38. The van der Waals surface area contributed by atoms with Crippen LogP contribution in [0.1, 0.15) is 35.0 Å². The van der Waals surface area contributed by atoms with Gasteiger partial charge in [0.05, 0.1) is 10.6 Å². The first-order chi connectivity index (χ1) is 12.7. The first-order valence-electron chi connectivity index (χ1n) is 8.52. The summed E-state index contributed by atoms with van der Waals surface area (Å²) in [6.45, 7) is 3.57. The summed E-state index contributed by atoms with van der Waals surface area (Å²) in [4.78, 5) is 26.1. The fourth-order valence-electron chi connectivity index (χ4n) is 3.07. The van der Waals surface area contributed by atoms with Crippen LogP contribution in [0.25, 0.3) is 10.1 Å². The number of hydrogen-bond acceptors (Lipinski definition) is 3. The van der Waals surface area contributed by atoms with E-state index in [9.17, 15) is 22.8 Å². The Labute approximate surface area is 163 Å². The molecule has 0 unspecified atom stereocenters. The van der Waals surface area contributed by atoms with Gasteiger partial charge in [0.15, 0.2) is 0 Å². The van der Waals surface area contributed by atoms with E-state index in [0.29, 0.717) is 29.6 Å². The molecule has 9 heteroatoms. The Morgan fingerprint density at radius 2 is 2.15 bits per heavy atom. The fraction of sp³-hybridized carbons (Fsp3) is 0.444. The molecule has 1 fully saturated rings. The van der Waals surface area contributed by atoms with Gasteiger partial charge in [0, 0.05) is 36.1 Å². The number of halogens is 4. The van der Waals surface area contributed by atoms with Gasteiger partial charge in [-0.3, -0.25) is 9.59 Å². The standard InChI is InChI=1S/C18H18ClF3N2O2S/c1-10(9-24-6-2-3-14(24)25)8-23-17(26)16-15(19)12-5-4-11(18(20,21)22)7-13(12)27-16/h4-5,7,10H,2-3,6,8-9H2,1H3,(H,23,26)/t10-/m0/s1. The summed E-state index contributed by atoms with van der Waals surface area (Å²) in [6.07, 6.45) is -3.03. The molecule has 1 aliphatic rings. The zero-order valence-corrected chi connectivity index (χ0v) is 16.1. The summed E-state index contributed by atoms with van der Waals surface area (Å²) in [5, 5.41) is 3.34. The number of thiophene rings is 1. The second kappa shape index (κ2) is 7.67. The number of fused-ring (bicyclic) bond motifs is 1. The lowest BCUT2D eigenvalue weighted by atomic mass is 10.1. The van der Waals surface area contributed by atoms with Crippen molar-refractivity contribution in [3.8, 4) is 0 Å². The molecule has 1 saturated heterocycles. The number of benzene rings is 1. The highest BCUT2D eigenvalue weighted by Crippen LogP contribution is 2.39. The van der Waals surface area contributed by atoms with Crippen LogP contribution < -0.4 is 5.32 Å². The number of carbonyl (C=O) groups is 2. The Bertz CT molecular complexity index is 881. The lowest BCUT2D eigenvalue weighted by Crippen LogP contribution is -2.36. The average Bonchev–Trinajstić information content (AvgIpc) is 3.15. The normalized spacial score (nSPS) is 16.2. The minimum Gasteiger partial charge on any atom is -0.351 e. The van der Waals surface area contributed by atoms with Gasteiger partial charge in [-0.1, -0.05) is 24.6 Å². The predicted octanol–water partition coefficient (Wildman–Crippen LogP) is 4.56. The second-order valence-corrected chi connectivity index (χ2v) is 8.14. The van der Waals surface area contributed by atoms with E-state index in [1.807, 2.05) is 6.92 Å². The zero-order valence-electron chi connectivity index (χ0n) is 14.5. The summed E-state index contributed by atoms with van der Waals surface area (Å²) in [7, 11) is 0. The van der Waals surface area contributed by atoms with Crippen LogP contribution >= 0.6 is 22.9 Å². The molecule has 3 rings (SSSR count). The van der Waals surface area contributed by atoms with Crippen molar-refractivity contribution in [2.45, 2.75) is 25.9 Å². The van der Waals surface area contributed by atoms with Crippen LogP contribution in [0.5, 0.6) is 0 Å². The molecule has 2 aromatic rings. The topological polar surface area (TPSA) is 49.4 Å². The van der Waals surface area contributed by atoms with E-state index in [1.165, 1.54) is 6.07 Å². The molecule has 1 aliphatic heterocycles. The van der Waals surface area contributed by atoms with Crippen molar-refractivity contribution in [1.82, 2.24) is 10.2 Å². The molecular formula is C18H18ClF3N2O2S. The maximum absolute atomic E-state index is 12.9. The third-order valence-electron chi connectivity index (χ3n) is 4.48. The van der Waals surface area contributed by atoms with E-state index >= 15 is 0 Å². The first-order valence-corrected chi connectivity index (χ1v) is 9.71. The Hall–Kier alpha value is -1.80. The van der Waals surface area contributed by atoms with E-state index in [2.05, 4.69) is 5.32 Å². The highest BCUT2D eigenvalue weighted by Gasteiger charge is 2.31. The highest BCUT2D eigenvalue weighted by atomic mass is 35.5. The molecule has 4 nitrogen and oxygen atoms in total. The van der Waals surface area contributed by atoms with E-state index in [4.69, 9.17) is 11.6 Å². The number of hydrogen-bond donors (Lipinski definition) is 1. The molecule has 0 bridgehead atoms. The molecule has 1 atom stereocenters. The number of rotatable bonds is 5. The van der Waals surface area contributed by atoms with Crippen molar-refractivity contribution in [3.05, 3.63) is 33.7 Å². The van der Waals surface area contributed by atoms with Gasteiger partial charge in [-0.15, -0.1) is 11.3 Å². The summed E-state index contributed by atoms with van der Waals surface area (Å²) in [5.41, 5.74) is -0.774. The van der Waals surface area contributed by atoms with Gasteiger partial charge in [-0.05, 0) is 24.5 Å². The fourth-order valence-corrected chi connectivity index (χ4v) is 4.55. The van der Waals surface area contributed by atoms with Crippen molar-refractivity contribution >= 4 is 44.8 Å². The molecule has 0 saturated carbocycles. The molecule has 0 aliphatic carbocycles. The first kappa shape index (κ1) is 19.9. The van der Waals surface area contributed by atoms with Crippen LogP contribution in [0.4, 0.5) is 13.2 Å². The van der Waals surface area contributed by atoms with Crippen LogP contribution in [0, 0.1) is 5.92 Å². The van der Waals surface area contributed by atoms with Gasteiger partial charge >= 0.3 is 6.18 Å². The molecule has 1 aromatic heterocycles. The van der Waals surface area contributed by atoms with E-state index in [-0.39, 0.29) is 21.7 Å². The van der Waals surface area contributed by atoms with E-state index < -0.39 is 17.6 Å². The van der Waals surface area contributed by atoms with Crippen molar-refractivity contribution in [2.75, 3.05) is 19.6 Å². The molecule has 1 N–H and O–H groups in total. The number of alkyl halides is 3. The largest absolute Gasteiger partial charge is 0.416 e. The van der Waals surface area contributed by atoms with Crippen LogP contribution in [0.15, 0.2) is 18.2 Å². The van der Waals surface area contributed by atoms with Gasteiger partial charge in [0.2, 0.25) is 5.91 Å². The summed E-state index contributed by atoms with van der Waals surface area (Å²) in [5.74, 6) is -0.239. The summed E-state index contributed by atoms with van der Waals surface area (Å²) >= 11 is 7.14. The smallest absolute Gasteiger partial charge is 0.351 e. The van der Waals surface area contributed by atoms with Crippen LogP contribution in [0.3, 0.4) is 0 Å². The minimum absolute atomic E-state index is 0.0565. The molecule has 2 amide bonds.